The molecule has 7 heteroatoms. The van der Waals surface area contributed by atoms with Gasteiger partial charge in [-0.05, 0) is 45.7 Å². The smallest absolute Gasteiger partial charge is 0.144 e. The van der Waals surface area contributed by atoms with Crippen molar-refractivity contribution in [2.45, 2.75) is 52.5 Å². The Morgan fingerprint density at radius 1 is 1.14 bits per heavy atom. The predicted octanol–water partition coefficient (Wildman–Crippen LogP) is 5.05. The van der Waals surface area contributed by atoms with E-state index in [1.165, 1.54) is 25.7 Å². The average Bonchev–Trinajstić information content (AvgIpc) is 3.39. The van der Waals surface area contributed by atoms with Gasteiger partial charge in [0.1, 0.15) is 28.8 Å². The van der Waals surface area contributed by atoms with Gasteiger partial charge in [-0.3, -0.25) is 0 Å². The molecule has 0 unspecified atom stereocenters. The summed E-state index contributed by atoms with van der Waals surface area (Å²) in [6.07, 6.45) is 4.92. The van der Waals surface area contributed by atoms with Crippen LogP contribution in [0.5, 0.6) is 5.75 Å². The normalized spacial score (nSPS) is 14.9. The van der Waals surface area contributed by atoms with Crippen molar-refractivity contribution in [3.63, 3.8) is 0 Å². The van der Waals surface area contributed by atoms with Crippen molar-refractivity contribution in [3.8, 4) is 16.9 Å². The van der Waals surface area contributed by atoms with Crippen LogP contribution in [-0.4, -0.2) is 33.3 Å². The van der Waals surface area contributed by atoms with E-state index in [1.807, 2.05) is 20.8 Å². The van der Waals surface area contributed by atoms with Gasteiger partial charge in [0, 0.05) is 22.5 Å². The predicted molar refractivity (Wildman–Crippen MR) is 114 cm³/mol. The molecule has 150 valence electrons. The van der Waals surface area contributed by atoms with Crippen LogP contribution in [0.15, 0.2) is 16.7 Å². The number of aromatic amines is 1. The Kier molecular flexibility index (Phi) is 4.19. The zero-order chi connectivity index (χ0) is 20.1. The largest absolute Gasteiger partial charge is 0.496 e. The molecule has 0 amide bonds. The molecule has 0 radical (unpaired) electrons. The second-order valence-corrected chi connectivity index (χ2v) is 7.89. The van der Waals surface area contributed by atoms with Crippen LogP contribution in [-0.2, 0) is 0 Å². The van der Waals surface area contributed by atoms with Crippen LogP contribution in [0.2, 0.25) is 0 Å². The van der Waals surface area contributed by atoms with E-state index >= 15 is 0 Å². The summed E-state index contributed by atoms with van der Waals surface area (Å²) < 4.78 is 11.1. The van der Waals surface area contributed by atoms with Gasteiger partial charge in [-0.25, -0.2) is 9.97 Å². The van der Waals surface area contributed by atoms with Gasteiger partial charge in [-0.15, -0.1) is 0 Å². The summed E-state index contributed by atoms with van der Waals surface area (Å²) in [5.74, 6) is 3.20. The van der Waals surface area contributed by atoms with Crippen molar-refractivity contribution in [2.75, 3.05) is 12.4 Å². The number of hydrogen-bond donors (Lipinski definition) is 2. The molecule has 0 bridgehead atoms. The van der Waals surface area contributed by atoms with Gasteiger partial charge in [-0.2, -0.15) is 0 Å². The van der Waals surface area contributed by atoms with Gasteiger partial charge in [0.2, 0.25) is 0 Å². The lowest BCUT2D eigenvalue weighted by atomic mass is 10.0. The number of aryl methyl sites for hydroxylation is 3. The highest BCUT2D eigenvalue weighted by Crippen LogP contribution is 2.40. The SMILES string of the molecule is COc1cc2c(cc1-c1c(C)noc1C)[nH]c1nc(C)nc(NC3CCCC3)c12. The highest BCUT2D eigenvalue weighted by molar-refractivity contribution is 6.12. The molecule has 5 rings (SSSR count). The Morgan fingerprint density at radius 2 is 1.93 bits per heavy atom. The third kappa shape index (κ3) is 2.92. The molecule has 3 heterocycles. The molecule has 0 saturated heterocycles. The Bertz CT molecular complexity index is 1200. The van der Waals surface area contributed by atoms with E-state index in [1.54, 1.807) is 7.11 Å². The van der Waals surface area contributed by atoms with Crippen molar-refractivity contribution in [3.05, 3.63) is 29.4 Å². The summed E-state index contributed by atoms with van der Waals surface area (Å²) >= 11 is 0. The van der Waals surface area contributed by atoms with E-state index in [4.69, 9.17) is 14.2 Å². The molecule has 0 atom stereocenters. The summed E-state index contributed by atoms with van der Waals surface area (Å²) in [4.78, 5) is 12.9. The fourth-order valence-electron chi connectivity index (χ4n) is 4.54. The summed E-state index contributed by atoms with van der Waals surface area (Å²) in [7, 11) is 1.69. The second-order valence-electron chi connectivity index (χ2n) is 7.89. The summed E-state index contributed by atoms with van der Waals surface area (Å²) in [6, 6.07) is 4.63. The Morgan fingerprint density at radius 3 is 2.62 bits per heavy atom. The number of H-pyrrole nitrogens is 1. The molecule has 2 N–H and O–H groups in total. The molecule has 4 aromatic rings. The third-order valence-corrected chi connectivity index (χ3v) is 5.88. The van der Waals surface area contributed by atoms with Crippen LogP contribution < -0.4 is 10.1 Å². The molecule has 0 spiro atoms. The Labute approximate surface area is 168 Å². The number of hydrogen-bond acceptors (Lipinski definition) is 6. The van der Waals surface area contributed by atoms with E-state index in [9.17, 15) is 0 Å². The van der Waals surface area contributed by atoms with Crippen molar-refractivity contribution >= 4 is 27.8 Å². The first-order valence-electron chi connectivity index (χ1n) is 10.1. The molecule has 7 nitrogen and oxygen atoms in total. The molecule has 29 heavy (non-hydrogen) atoms. The van der Waals surface area contributed by atoms with Crippen molar-refractivity contribution < 1.29 is 9.26 Å². The minimum atomic E-state index is 0.473. The first-order valence-corrected chi connectivity index (χ1v) is 10.1. The molecule has 3 aromatic heterocycles. The van der Waals surface area contributed by atoms with Gasteiger partial charge in [0.25, 0.3) is 0 Å². The molecular formula is C22H25N5O2. The number of benzene rings is 1. The monoisotopic (exact) mass is 391 g/mol. The first-order chi connectivity index (χ1) is 14.0. The minimum Gasteiger partial charge on any atom is -0.496 e. The third-order valence-electron chi connectivity index (χ3n) is 5.88. The average molecular weight is 391 g/mol. The van der Waals surface area contributed by atoms with Crippen molar-refractivity contribution in [1.29, 1.82) is 0 Å². The maximum absolute atomic E-state index is 5.76. The molecular weight excluding hydrogens is 366 g/mol. The molecule has 1 aromatic carbocycles. The fraction of sp³-hybridized carbons (Fsp3) is 0.409. The number of fused-ring (bicyclic) bond motifs is 3. The van der Waals surface area contributed by atoms with Crippen LogP contribution in [0.1, 0.15) is 43.0 Å². The molecule has 1 aliphatic carbocycles. The summed E-state index contributed by atoms with van der Waals surface area (Å²) in [5.41, 5.74) is 4.60. The number of rotatable bonds is 4. The van der Waals surface area contributed by atoms with Crippen LogP contribution in [0, 0.1) is 20.8 Å². The number of methoxy groups -OCH3 is 1. The topological polar surface area (TPSA) is 88.9 Å². The zero-order valence-electron chi connectivity index (χ0n) is 17.2. The highest BCUT2D eigenvalue weighted by atomic mass is 16.5. The number of aromatic nitrogens is 4. The Balaban J connectivity index is 1.74. The van der Waals surface area contributed by atoms with Gasteiger partial charge < -0.3 is 19.6 Å². The van der Waals surface area contributed by atoms with E-state index in [-0.39, 0.29) is 0 Å². The Hall–Kier alpha value is -3.09. The molecule has 1 fully saturated rings. The number of anilines is 1. The lowest BCUT2D eigenvalue weighted by Crippen LogP contribution is -2.16. The maximum Gasteiger partial charge on any atom is 0.144 e. The van der Waals surface area contributed by atoms with Gasteiger partial charge in [-0.1, -0.05) is 18.0 Å². The second kappa shape index (κ2) is 6.76. The minimum absolute atomic E-state index is 0.473. The van der Waals surface area contributed by atoms with Gasteiger partial charge >= 0.3 is 0 Å². The molecule has 1 aliphatic rings. The van der Waals surface area contributed by atoms with E-state index in [0.29, 0.717) is 6.04 Å². The highest BCUT2D eigenvalue weighted by Gasteiger charge is 2.22. The first kappa shape index (κ1) is 18.0. The standard InChI is InChI=1S/C22H25N5O2/c1-11-19(12(2)29-27-11)16-9-17-15(10-18(16)28-4)20-21(25-14-7-5-6-8-14)23-13(3)24-22(20)26-17/h9-10,14H,5-8H2,1-4H3,(H2,23,24,25,26). The quantitative estimate of drug-likeness (QED) is 0.506. The van der Waals surface area contributed by atoms with Crippen LogP contribution in [0.25, 0.3) is 33.1 Å². The lowest BCUT2D eigenvalue weighted by molar-refractivity contribution is 0.393. The van der Waals surface area contributed by atoms with Gasteiger partial charge in [0.15, 0.2) is 0 Å². The van der Waals surface area contributed by atoms with Crippen LogP contribution in [0.4, 0.5) is 5.82 Å². The maximum atomic E-state index is 5.76. The van der Waals surface area contributed by atoms with E-state index in [2.05, 4.69) is 32.6 Å². The fourth-order valence-corrected chi connectivity index (χ4v) is 4.54. The van der Waals surface area contributed by atoms with Crippen molar-refractivity contribution in [1.82, 2.24) is 20.1 Å². The number of ether oxygens (including phenoxy) is 1. The zero-order valence-corrected chi connectivity index (χ0v) is 17.2. The van der Waals surface area contributed by atoms with Crippen LogP contribution in [0.3, 0.4) is 0 Å². The van der Waals surface area contributed by atoms with Gasteiger partial charge in [0.05, 0.1) is 23.8 Å². The van der Waals surface area contributed by atoms with E-state index < -0.39 is 0 Å². The summed E-state index contributed by atoms with van der Waals surface area (Å²) in [6.45, 7) is 5.79. The van der Waals surface area contributed by atoms with Crippen molar-refractivity contribution in [2.24, 2.45) is 0 Å². The number of nitrogens with zero attached hydrogens (tertiary/aromatic N) is 3. The molecule has 1 saturated carbocycles. The van der Waals surface area contributed by atoms with Crippen LogP contribution >= 0.6 is 0 Å². The molecule has 0 aliphatic heterocycles. The van der Waals surface area contributed by atoms with E-state index in [0.717, 1.165) is 61.9 Å². The lowest BCUT2D eigenvalue weighted by Gasteiger charge is -2.14. The number of nitrogens with one attached hydrogen (secondary N) is 2. The summed E-state index contributed by atoms with van der Waals surface area (Å²) in [5, 5.41) is 9.83.